The normalized spacial score (nSPS) is 25.6. The highest BCUT2D eigenvalue weighted by Gasteiger charge is 2.52. The Morgan fingerprint density at radius 2 is 2.06 bits per heavy atom. The quantitative estimate of drug-likeness (QED) is 0.612. The third kappa shape index (κ3) is 3.98. The van der Waals surface area contributed by atoms with Crippen LogP contribution < -0.4 is 0 Å². The van der Waals surface area contributed by atoms with Gasteiger partial charge in [0, 0.05) is 5.92 Å². The van der Waals surface area contributed by atoms with Crippen LogP contribution in [0.5, 0.6) is 0 Å². The van der Waals surface area contributed by atoms with Gasteiger partial charge in [0.15, 0.2) is 4.58 Å². The van der Waals surface area contributed by atoms with Gasteiger partial charge < -0.3 is 9.47 Å². The maximum absolute atomic E-state index is 13.1. The predicted molar refractivity (Wildman–Crippen MR) is 68.1 cm³/mol. The first-order valence-corrected chi connectivity index (χ1v) is 6.58. The number of carbonyl (C=O) groups excluding carboxylic acids is 1. The van der Waals surface area contributed by atoms with Crippen LogP contribution in [-0.2, 0) is 16.1 Å². The fraction of sp³-hybridized carbons (Fsp3) is 0.462. The number of benzene rings is 1. The molecule has 3 nitrogen and oxygen atoms in total. The van der Waals surface area contributed by atoms with E-state index < -0.39 is 10.7 Å². The lowest BCUT2D eigenvalue weighted by molar-refractivity contribution is 0.0477. The van der Waals surface area contributed by atoms with E-state index in [1.807, 2.05) is 30.3 Å². The van der Waals surface area contributed by atoms with Gasteiger partial charge in [0.25, 0.3) is 0 Å². The van der Waals surface area contributed by atoms with Gasteiger partial charge in [-0.15, -0.1) is 0 Å². The molecular weight excluding hydrogens is 303 g/mol. The van der Waals surface area contributed by atoms with Crippen molar-refractivity contribution in [2.24, 2.45) is 5.92 Å². The summed E-state index contributed by atoms with van der Waals surface area (Å²) in [4.78, 5) is 11.2. The molecule has 0 radical (unpaired) electrons. The fourth-order valence-corrected chi connectivity index (χ4v) is 2.25. The van der Waals surface area contributed by atoms with Crippen LogP contribution in [0.25, 0.3) is 0 Å². The van der Waals surface area contributed by atoms with Crippen LogP contribution in [-0.4, -0.2) is 17.3 Å². The molecule has 2 atom stereocenters. The van der Waals surface area contributed by atoms with Gasteiger partial charge in [-0.2, -0.15) is 0 Å². The molecule has 1 fully saturated rings. The molecule has 1 saturated carbocycles. The lowest BCUT2D eigenvalue weighted by atomic mass is 10.2. The summed E-state index contributed by atoms with van der Waals surface area (Å²) in [6, 6.07) is 9.35. The van der Waals surface area contributed by atoms with E-state index in [0.29, 0.717) is 12.8 Å². The lowest BCUT2D eigenvalue weighted by Gasteiger charge is -2.06. The molecule has 18 heavy (non-hydrogen) atoms. The zero-order valence-electron chi connectivity index (χ0n) is 9.77. The van der Waals surface area contributed by atoms with Crippen molar-refractivity contribution in [1.82, 2.24) is 0 Å². The summed E-state index contributed by atoms with van der Waals surface area (Å²) in [7, 11) is 0. The van der Waals surface area contributed by atoms with Gasteiger partial charge in [0.2, 0.25) is 0 Å². The maximum Gasteiger partial charge on any atom is 0.508 e. The van der Waals surface area contributed by atoms with Crippen LogP contribution in [0, 0.1) is 5.92 Å². The zero-order valence-corrected chi connectivity index (χ0v) is 11.4. The molecular formula is C13H14BrFO3. The zero-order chi connectivity index (χ0) is 13.0. The Labute approximate surface area is 113 Å². The fourth-order valence-electron chi connectivity index (χ4n) is 1.63. The molecule has 0 heterocycles. The topological polar surface area (TPSA) is 35.5 Å². The molecule has 0 aliphatic heterocycles. The Bertz CT molecular complexity index is 408. The number of halogens is 2. The Kier molecular flexibility index (Phi) is 4.22. The summed E-state index contributed by atoms with van der Waals surface area (Å²) in [5, 5.41) is 0. The molecule has 1 aromatic carbocycles. The summed E-state index contributed by atoms with van der Waals surface area (Å²) in [5.74, 6) is -0.0561. The number of ether oxygens (including phenoxy) is 2. The average molecular weight is 317 g/mol. The Hall–Kier alpha value is -1.10. The van der Waals surface area contributed by atoms with Crippen LogP contribution in [0.1, 0.15) is 18.4 Å². The van der Waals surface area contributed by atoms with Gasteiger partial charge in [-0.3, -0.25) is 0 Å². The molecule has 0 saturated heterocycles. The van der Waals surface area contributed by atoms with Crippen molar-refractivity contribution in [3.8, 4) is 0 Å². The standard InChI is InChI=1S/C13H14BrFO3/c14-13(15)8-11(13)6-7-17-12(16)18-9-10-4-2-1-3-5-10/h1-5,11H,6-9H2. The van der Waals surface area contributed by atoms with Gasteiger partial charge in [0.05, 0.1) is 6.61 Å². The Balaban J connectivity index is 1.58. The molecule has 1 aliphatic carbocycles. The summed E-state index contributed by atoms with van der Waals surface area (Å²) in [6.45, 7) is 0.379. The minimum Gasteiger partial charge on any atom is -0.434 e. The van der Waals surface area contributed by atoms with Crippen LogP contribution in [0.2, 0.25) is 0 Å². The van der Waals surface area contributed by atoms with E-state index in [9.17, 15) is 9.18 Å². The summed E-state index contributed by atoms with van der Waals surface area (Å²) in [6.07, 6.45) is 0.288. The van der Waals surface area contributed by atoms with E-state index in [-0.39, 0.29) is 19.1 Å². The molecule has 2 rings (SSSR count). The number of rotatable bonds is 5. The molecule has 1 aliphatic rings. The number of carbonyl (C=O) groups is 1. The third-order valence-corrected chi connectivity index (χ3v) is 3.81. The molecule has 0 N–H and O–H groups in total. The van der Waals surface area contributed by atoms with Crippen LogP contribution in [0.4, 0.5) is 9.18 Å². The van der Waals surface area contributed by atoms with E-state index in [2.05, 4.69) is 15.9 Å². The highest BCUT2D eigenvalue weighted by molar-refractivity contribution is 9.10. The van der Waals surface area contributed by atoms with Gasteiger partial charge in [0.1, 0.15) is 6.61 Å². The maximum atomic E-state index is 13.1. The van der Waals surface area contributed by atoms with Crippen molar-refractivity contribution in [3.63, 3.8) is 0 Å². The summed E-state index contributed by atoms with van der Waals surface area (Å²) < 4.78 is 21.6. The monoisotopic (exact) mass is 316 g/mol. The van der Waals surface area contributed by atoms with E-state index in [1.165, 1.54) is 0 Å². The van der Waals surface area contributed by atoms with Gasteiger partial charge in [-0.25, -0.2) is 9.18 Å². The van der Waals surface area contributed by atoms with Gasteiger partial charge in [-0.1, -0.05) is 30.3 Å². The highest BCUT2D eigenvalue weighted by atomic mass is 79.9. The van der Waals surface area contributed by atoms with Gasteiger partial charge >= 0.3 is 6.16 Å². The second-order valence-electron chi connectivity index (χ2n) is 4.32. The average Bonchev–Trinajstić information content (AvgIpc) is 2.96. The van der Waals surface area contributed by atoms with Crippen molar-refractivity contribution in [1.29, 1.82) is 0 Å². The van der Waals surface area contributed by atoms with Gasteiger partial charge in [-0.05, 0) is 34.3 Å². The molecule has 5 heteroatoms. The van der Waals surface area contributed by atoms with E-state index in [1.54, 1.807) is 0 Å². The molecule has 0 spiro atoms. The largest absolute Gasteiger partial charge is 0.508 e. The Morgan fingerprint density at radius 1 is 1.39 bits per heavy atom. The van der Waals surface area contributed by atoms with Crippen molar-refractivity contribution >= 4 is 22.1 Å². The molecule has 1 aromatic rings. The van der Waals surface area contributed by atoms with Crippen LogP contribution in [0.15, 0.2) is 30.3 Å². The SMILES string of the molecule is O=C(OCCC1CC1(F)Br)OCc1ccccc1. The predicted octanol–water partition coefficient (Wildman–Crippen LogP) is 3.81. The number of hydrogen-bond acceptors (Lipinski definition) is 3. The van der Waals surface area contributed by atoms with E-state index in [0.717, 1.165) is 5.56 Å². The first-order valence-electron chi connectivity index (χ1n) is 5.79. The lowest BCUT2D eigenvalue weighted by Crippen LogP contribution is -2.09. The first-order chi connectivity index (χ1) is 8.58. The van der Waals surface area contributed by atoms with Crippen molar-refractivity contribution in [2.45, 2.75) is 24.0 Å². The second-order valence-corrected chi connectivity index (χ2v) is 5.64. The molecule has 2 unspecified atom stereocenters. The number of alkyl halides is 2. The summed E-state index contributed by atoms with van der Waals surface area (Å²) in [5.41, 5.74) is 0.903. The third-order valence-electron chi connectivity index (χ3n) is 2.84. The second kappa shape index (κ2) is 5.69. The summed E-state index contributed by atoms with van der Waals surface area (Å²) >= 11 is 2.94. The van der Waals surface area contributed by atoms with Crippen molar-refractivity contribution < 1.29 is 18.7 Å². The van der Waals surface area contributed by atoms with Crippen LogP contribution >= 0.6 is 15.9 Å². The van der Waals surface area contributed by atoms with Crippen molar-refractivity contribution in [3.05, 3.63) is 35.9 Å². The molecule has 0 amide bonds. The minimum absolute atomic E-state index is 0.0561. The van der Waals surface area contributed by atoms with Crippen LogP contribution in [0.3, 0.4) is 0 Å². The molecule has 0 bridgehead atoms. The minimum atomic E-state index is -1.25. The van der Waals surface area contributed by atoms with E-state index >= 15 is 0 Å². The van der Waals surface area contributed by atoms with Crippen molar-refractivity contribution in [2.75, 3.05) is 6.61 Å². The number of hydrogen-bond donors (Lipinski definition) is 0. The smallest absolute Gasteiger partial charge is 0.434 e. The molecule has 0 aromatic heterocycles. The van der Waals surface area contributed by atoms with E-state index in [4.69, 9.17) is 9.47 Å². The molecule has 98 valence electrons. The Morgan fingerprint density at radius 3 is 2.67 bits per heavy atom. The highest BCUT2D eigenvalue weighted by Crippen LogP contribution is 2.54. The first kappa shape index (κ1) is 13.3.